The largest absolute Gasteiger partial charge is 0.383 e. The Labute approximate surface area is 125 Å². The number of benzene rings is 1. The predicted octanol–water partition coefficient (Wildman–Crippen LogP) is 2.30. The lowest BCUT2D eigenvalue weighted by Crippen LogP contribution is -2.44. The highest BCUT2D eigenvalue weighted by Crippen LogP contribution is 2.19. The Morgan fingerprint density at radius 2 is 2.00 bits per heavy atom. The monoisotopic (exact) mass is 306 g/mol. The van der Waals surface area contributed by atoms with Gasteiger partial charge in [0.2, 0.25) is 5.91 Å². The number of hydrogen-bond acceptors (Lipinski definition) is 3. The van der Waals surface area contributed by atoms with Crippen LogP contribution in [0.4, 0.5) is 0 Å². The van der Waals surface area contributed by atoms with E-state index >= 15 is 0 Å². The molecule has 19 heavy (non-hydrogen) atoms. The first-order valence-corrected chi connectivity index (χ1v) is 6.26. The summed E-state index contributed by atoms with van der Waals surface area (Å²) in [7, 11) is 1.52. The Morgan fingerprint density at radius 3 is 2.47 bits per heavy atom. The zero-order valence-corrected chi connectivity index (χ0v) is 12.6. The fourth-order valence-electron chi connectivity index (χ4n) is 1.65. The van der Waals surface area contributed by atoms with E-state index in [0.717, 1.165) is 12.0 Å². The summed E-state index contributed by atoms with van der Waals surface area (Å²) in [5.41, 5.74) is 6.69. The molecular formula is C13H20Cl2N2O2. The lowest BCUT2D eigenvalue weighted by Gasteiger charge is -2.20. The van der Waals surface area contributed by atoms with Gasteiger partial charge in [-0.05, 0) is 24.1 Å². The van der Waals surface area contributed by atoms with Crippen molar-refractivity contribution in [2.75, 3.05) is 13.7 Å². The molecule has 0 aliphatic carbocycles. The van der Waals surface area contributed by atoms with Crippen LogP contribution in [-0.2, 0) is 9.53 Å². The van der Waals surface area contributed by atoms with Crippen molar-refractivity contribution in [3.05, 3.63) is 34.9 Å². The molecule has 0 saturated heterocycles. The highest BCUT2D eigenvalue weighted by atomic mass is 35.5. The number of nitrogens with one attached hydrogen (secondary N) is 1. The summed E-state index contributed by atoms with van der Waals surface area (Å²) in [4.78, 5) is 11.8. The summed E-state index contributed by atoms with van der Waals surface area (Å²) in [6.45, 7) is 2.21. The van der Waals surface area contributed by atoms with E-state index < -0.39 is 6.04 Å². The van der Waals surface area contributed by atoms with Gasteiger partial charge in [-0.1, -0.05) is 30.7 Å². The number of methoxy groups -OCH3 is 1. The van der Waals surface area contributed by atoms with Gasteiger partial charge < -0.3 is 15.8 Å². The molecule has 0 aliphatic heterocycles. The van der Waals surface area contributed by atoms with Crippen molar-refractivity contribution in [3.8, 4) is 0 Å². The Hall–Kier alpha value is -0.810. The third kappa shape index (κ3) is 5.78. The van der Waals surface area contributed by atoms with Crippen LogP contribution in [0.5, 0.6) is 0 Å². The third-order valence-corrected chi connectivity index (χ3v) is 2.93. The minimum atomic E-state index is -0.642. The van der Waals surface area contributed by atoms with E-state index in [0.29, 0.717) is 5.02 Å². The zero-order valence-electron chi connectivity index (χ0n) is 11.1. The fraction of sp³-hybridized carbons (Fsp3) is 0.462. The van der Waals surface area contributed by atoms with Gasteiger partial charge in [0.1, 0.15) is 6.04 Å². The van der Waals surface area contributed by atoms with Crippen LogP contribution in [0, 0.1) is 0 Å². The van der Waals surface area contributed by atoms with E-state index in [4.69, 9.17) is 22.1 Å². The topological polar surface area (TPSA) is 64.4 Å². The SMILES string of the molecule is CCC(NC(=O)C(N)COC)c1ccc(Cl)cc1.Cl. The molecule has 0 aromatic heterocycles. The van der Waals surface area contributed by atoms with Gasteiger partial charge >= 0.3 is 0 Å². The fourth-order valence-corrected chi connectivity index (χ4v) is 1.78. The highest BCUT2D eigenvalue weighted by molar-refractivity contribution is 6.30. The lowest BCUT2D eigenvalue weighted by atomic mass is 10.0. The molecule has 0 aliphatic rings. The van der Waals surface area contributed by atoms with Gasteiger partial charge in [0.25, 0.3) is 0 Å². The molecule has 2 unspecified atom stereocenters. The van der Waals surface area contributed by atoms with Gasteiger partial charge in [-0.15, -0.1) is 12.4 Å². The second kappa shape index (κ2) is 9.15. The second-order valence-corrected chi connectivity index (χ2v) is 4.52. The molecule has 1 aromatic rings. The molecule has 6 heteroatoms. The summed E-state index contributed by atoms with van der Waals surface area (Å²) >= 11 is 5.83. The second-order valence-electron chi connectivity index (χ2n) is 4.08. The van der Waals surface area contributed by atoms with Crippen LogP contribution < -0.4 is 11.1 Å². The maximum Gasteiger partial charge on any atom is 0.239 e. The Balaban J connectivity index is 0.00000324. The smallest absolute Gasteiger partial charge is 0.239 e. The zero-order chi connectivity index (χ0) is 13.5. The summed E-state index contributed by atoms with van der Waals surface area (Å²) in [5, 5.41) is 3.58. The first-order chi connectivity index (χ1) is 8.58. The Morgan fingerprint density at radius 1 is 1.42 bits per heavy atom. The molecule has 0 heterocycles. The van der Waals surface area contributed by atoms with Crippen LogP contribution in [0.15, 0.2) is 24.3 Å². The number of nitrogens with two attached hydrogens (primary N) is 1. The first-order valence-electron chi connectivity index (χ1n) is 5.88. The van der Waals surface area contributed by atoms with Gasteiger partial charge in [-0.3, -0.25) is 4.79 Å². The molecular weight excluding hydrogens is 287 g/mol. The van der Waals surface area contributed by atoms with Gasteiger partial charge in [0, 0.05) is 12.1 Å². The molecule has 0 bridgehead atoms. The number of carbonyl (C=O) groups is 1. The van der Waals surface area contributed by atoms with Crippen LogP contribution in [0.25, 0.3) is 0 Å². The van der Waals surface area contributed by atoms with Gasteiger partial charge in [0.15, 0.2) is 0 Å². The van der Waals surface area contributed by atoms with E-state index in [-0.39, 0.29) is 31.0 Å². The molecule has 2 atom stereocenters. The van der Waals surface area contributed by atoms with E-state index in [1.54, 1.807) is 12.1 Å². The molecule has 1 rings (SSSR count). The van der Waals surface area contributed by atoms with Gasteiger partial charge in [-0.25, -0.2) is 0 Å². The minimum Gasteiger partial charge on any atom is -0.383 e. The Bertz CT molecular complexity index is 385. The van der Waals surface area contributed by atoms with E-state index in [1.165, 1.54) is 7.11 Å². The molecule has 0 radical (unpaired) electrons. The summed E-state index contributed by atoms with van der Waals surface area (Å²) in [5.74, 6) is -0.210. The summed E-state index contributed by atoms with van der Waals surface area (Å²) in [6, 6.07) is 6.72. The minimum absolute atomic E-state index is 0. The molecule has 1 aromatic carbocycles. The number of ether oxygens (including phenoxy) is 1. The van der Waals surface area contributed by atoms with Gasteiger partial charge in [0.05, 0.1) is 12.6 Å². The van der Waals surface area contributed by atoms with Crippen LogP contribution in [0.1, 0.15) is 24.9 Å². The average molecular weight is 307 g/mol. The quantitative estimate of drug-likeness (QED) is 0.847. The van der Waals surface area contributed by atoms with Crippen molar-refractivity contribution in [3.63, 3.8) is 0 Å². The van der Waals surface area contributed by atoms with E-state index in [2.05, 4.69) is 5.32 Å². The summed E-state index contributed by atoms with van der Waals surface area (Å²) in [6.07, 6.45) is 0.785. The number of carbonyl (C=O) groups excluding carboxylic acids is 1. The standard InChI is InChI=1S/C13H19ClN2O2.ClH/c1-3-12(9-4-6-10(14)7-5-9)16-13(17)11(15)8-18-2;/h4-7,11-12H,3,8,15H2,1-2H3,(H,16,17);1H. The van der Waals surface area contributed by atoms with Crippen LogP contribution in [-0.4, -0.2) is 25.7 Å². The van der Waals surface area contributed by atoms with Crippen molar-refractivity contribution in [1.29, 1.82) is 0 Å². The van der Waals surface area contributed by atoms with Crippen LogP contribution in [0.3, 0.4) is 0 Å². The Kier molecular flexibility index (Phi) is 8.76. The van der Waals surface area contributed by atoms with Crippen molar-refractivity contribution in [1.82, 2.24) is 5.32 Å². The molecule has 1 amide bonds. The maximum absolute atomic E-state index is 11.8. The highest BCUT2D eigenvalue weighted by Gasteiger charge is 2.17. The van der Waals surface area contributed by atoms with E-state index in [1.807, 2.05) is 19.1 Å². The number of rotatable bonds is 6. The molecule has 3 N–H and O–H groups in total. The number of amides is 1. The normalized spacial score (nSPS) is 13.3. The van der Waals surface area contributed by atoms with Crippen molar-refractivity contribution in [2.45, 2.75) is 25.4 Å². The number of halogens is 2. The summed E-state index contributed by atoms with van der Waals surface area (Å²) < 4.78 is 4.86. The molecule has 4 nitrogen and oxygen atoms in total. The van der Waals surface area contributed by atoms with Crippen LogP contribution in [0.2, 0.25) is 5.02 Å². The third-order valence-electron chi connectivity index (χ3n) is 2.68. The van der Waals surface area contributed by atoms with Crippen LogP contribution >= 0.6 is 24.0 Å². The predicted molar refractivity (Wildman–Crippen MR) is 79.7 cm³/mol. The molecule has 0 fully saturated rings. The van der Waals surface area contributed by atoms with Crippen molar-refractivity contribution in [2.24, 2.45) is 5.73 Å². The van der Waals surface area contributed by atoms with Gasteiger partial charge in [-0.2, -0.15) is 0 Å². The van der Waals surface area contributed by atoms with E-state index in [9.17, 15) is 4.79 Å². The average Bonchev–Trinajstić information content (AvgIpc) is 2.37. The lowest BCUT2D eigenvalue weighted by molar-refractivity contribution is -0.124. The maximum atomic E-state index is 11.8. The van der Waals surface area contributed by atoms with Crippen molar-refractivity contribution >= 4 is 29.9 Å². The molecule has 0 saturated carbocycles. The first kappa shape index (κ1) is 18.2. The van der Waals surface area contributed by atoms with Crippen molar-refractivity contribution < 1.29 is 9.53 Å². The molecule has 0 spiro atoms. The number of hydrogen-bond donors (Lipinski definition) is 2. The molecule has 108 valence electrons.